The number of hydrogen-bond donors (Lipinski definition) is 3. The van der Waals surface area contributed by atoms with Crippen LogP contribution in [0.3, 0.4) is 0 Å². The third-order valence-corrected chi connectivity index (χ3v) is 5.01. The van der Waals surface area contributed by atoms with E-state index in [1.165, 1.54) is 5.56 Å². The van der Waals surface area contributed by atoms with Crippen LogP contribution in [-0.4, -0.2) is 47.1 Å². The molecule has 1 aromatic carbocycles. The van der Waals surface area contributed by atoms with Gasteiger partial charge in [-0.3, -0.25) is 15.0 Å². The second-order valence-electron chi connectivity index (χ2n) is 7.48. The average Bonchev–Trinajstić information content (AvgIpc) is 2.60. The molecular formula is C20H31N3O3. The highest BCUT2D eigenvalue weighted by Crippen LogP contribution is 2.24. The van der Waals surface area contributed by atoms with Crippen LogP contribution in [0.1, 0.15) is 45.6 Å². The number of nitrogens with one attached hydrogen (secondary N) is 2. The number of nitrogens with zero attached hydrogens (tertiary/aromatic N) is 1. The second-order valence-corrected chi connectivity index (χ2v) is 7.48. The van der Waals surface area contributed by atoms with E-state index in [2.05, 4.69) is 15.5 Å². The molecule has 1 atom stereocenters. The quantitative estimate of drug-likeness (QED) is 0.728. The summed E-state index contributed by atoms with van der Waals surface area (Å²) in [5.74, 6) is 0.710. The van der Waals surface area contributed by atoms with Crippen LogP contribution in [-0.2, 0) is 11.2 Å². The van der Waals surface area contributed by atoms with Gasteiger partial charge in [-0.1, -0.05) is 12.1 Å². The van der Waals surface area contributed by atoms with Gasteiger partial charge in [0.05, 0.1) is 6.04 Å². The Bertz CT molecular complexity index is 593. The number of carbonyl (C=O) groups is 2. The van der Waals surface area contributed by atoms with E-state index in [4.69, 9.17) is 0 Å². The number of phenols is 1. The number of likely N-dealkylation sites (tertiary alicyclic amines) is 1. The summed E-state index contributed by atoms with van der Waals surface area (Å²) in [6.45, 7) is 7.32. The van der Waals surface area contributed by atoms with E-state index in [0.29, 0.717) is 11.7 Å². The largest absolute Gasteiger partial charge is 0.508 e. The summed E-state index contributed by atoms with van der Waals surface area (Å²) in [7, 11) is 0. The van der Waals surface area contributed by atoms with Gasteiger partial charge in [0, 0.05) is 6.04 Å². The first kappa shape index (κ1) is 20.2. The molecule has 0 radical (unpaired) electrons. The molecule has 0 bridgehead atoms. The number of rotatable bonds is 6. The molecule has 1 aromatic rings. The first-order valence-electron chi connectivity index (χ1n) is 9.48. The molecule has 0 saturated carbocycles. The molecule has 2 rings (SSSR count). The van der Waals surface area contributed by atoms with Crippen LogP contribution in [0, 0.1) is 5.92 Å². The maximum atomic E-state index is 12.2. The fourth-order valence-electron chi connectivity index (χ4n) is 3.34. The minimum Gasteiger partial charge on any atom is -0.508 e. The van der Waals surface area contributed by atoms with Gasteiger partial charge in [0.1, 0.15) is 5.75 Å². The molecule has 1 aliphatic rings. The van der Waals surface area contributed by atoms with Crippen molar-refractivity contribution in [2.75, 3.05) is 13.1 Å². The lowest BCUT2D eigenvalue weighted by molar-refractivity contribution is -0.125. The summed E-state index contributed by atoms with van der Waals surface area (Å²) in [6, 6.07) is 6.67. The second kappa shape index (κ2) is 9.57. The van der Waals surface area contributed by atoms with Gasteiger partial charge in [-0.15, -0.1) is 0 Å². The SMILES string of the molecule is CC(C)NC(=O)NC(=O)C(C)N1CCC(CCc2ccc(O)cc2)CC1. The van der Waals surface area contributed by atoms with Crippen molar-refractivity contribution in [3.8, 4) is 5.75 Å². The summed E-state index contributed by atoms with van der Waals surface area (Å²) in [4.78, 5) is 26.0. The molecular weight excluding hydrogens is 330 g/mol. The Morgan fingerprint density at radius 2 is 1.77 bits per heavy atom. The standard InChI is InChI=1S/C20H31N3O3/c1-14(2)21-20(26)22-19(25)15(3)23-12-10-17(11-13-23)5-4-16-6-8-18(24)9-7-16/h6-9,14-15,17,24H,4-5,10-13H2,1-3H3,(H2,21,22,25,26). The monoisotopic (exact) mass is 361 g/mol. The first-order valence-corrected chi connectivity index (χ1v) is 9.48. The third-order valence-electron chi connectivity index (χ3n) is 5.01. The lowest BCUT2D eigenvalue weighted by atomic mass is 9.90. The first-order chi connectivity index (χ1) is 12.3. The average molecular weight is 361 g/mol. The predicted molar refractivity (Wildman–Crippen MR) is 102 cm³/mol. The lowest BCUT2D eigenvalue weighted by Crippen LogP contribution is -2.52. The topological polar surface area (TPSA) is 81.7 Å². The van der Waals surface area contributed by atoms with Crippen LogP contribution in [0.25, 0.3) is 0 Å². The Hall–Kier alpha value is -2.08. The van der Waals surface area contributed by atoms with Crippen LogP contribution < -0.4 is 10.6 Å². The number of benzene rings is 1. The molecule has 1 unspecified atom stereocenters. The van der Waals surface area contributed by atoms with Gasteiger partial charge in [-0.25, -0.2) is 4.79 Å². The molecule has 1 aliphatic heterocycles. The fraction of sp³-hybridized carbons (Fsp3) is 0.600. The Morgan fingerprint density at radius 1 is 1.15 bits per heavy atom. The van der Waals surface area contributed by atoms with E-state index < -0.39 is 6.03 Å². The van der Waals surface area contributed by atoms with Crippen molar-refractivity contribution in [1.29, 1.82) is 0 Å². The van der Waals surface area contributed by atoms with Crippen molar-refractivity contribution in [2.45, 2.75) is 58.5 Å². The molecule has 0 spiro atoms. The Balaban J connectivity index is 1.72. The summed E-state index contributed by atoms with van der Waals surface area (Å²) >= 11 is 0. The number of carbonyl (C=O) groups excluding carboxylic acids is 2. The number of amides is 3. The molecule has 26 heavy (non-hydrogen) atoms. The van der Waals surface area contributed by atoms with Gasteiger partial charge < -0.3 is 10.4 Å². The van der Waals surface area contributed by atoms with Gasteiger partial charge in [-0.05, 0) is 83.2 Å². The maximum Gasteiger partial charge on any atom is 0.321 e. The van der Waals surface area contributed by atoms with Crippen molar-refractivity contribution < 1.29 is 14.7 Å². The van der Waals surface area contributed by atoms with Crippen LogP contribution in [0.15, 0.2) is 24.3 Å². The number of piperidine rings is 1. The number of imide groups is 1. The Labute approximate surface area is 156 Å². The molecule has 0 aromatic heterocycles. The van der Waals surface area contributed by atoms with Gasteiger partial charge >= 0.3 is 6.03 Å². The summed E-state index contributed by atoms with van der Waals surface area (Å²) in [5, 5.41) is 14.4. The van der Waals surface area contributed by atoms with Crippen molar-refractivity contribution >= 4 is 11.9 Å². The van der Waals surface area contributed by atoms with Gasteiger partial charge in [0.25, 0.3) is 0 Å². The van der Waals surface area contributed by atoms with Gasteiger partial charge in [-0.2, -0.15) is 0 Å². The smallest absolute Gasteiger partial charge is 0.321 e. The van der Waals surface area contributed by atoms with Crippen LogP contribution in [0.5, 0.6) is 5.75 Å². The molecule has 1 fully saturated rings. The number of hydrogen-bond acceptors (Lipinski definition) is 4. The van der Waals surface area contributed by atoms with Crippen molar-refractivity contribution in [3.63, 3.8) is 0 Å². The molecule has 6 heteroatoms. The summed E-state index contributed by atoms with van der Waals surface area (Å²) < 4.78 is 0. The Morgan fingerprint density at radius 3 is 2.35 bits per heavy atom. The predicted octanol–water partition coefficient (Wildman–Crippen LogP) is 2.66. The Kier molecular flexibility index (Phi) is 7.45. The van der Waals surface area contributed by atoms with E-state index in [1.807, 2.05) is 32.9 Å². The normalized spacial score (nSPS) is 17.1. The molecule has 144 valence electrons. The lowest BCUT2D eigenvalue weighted by Gasteiger charge is -2.35. The van der Waals surface area contributed by atoms with E-state index in [0.717, 1.165) is 38.8 Å². The number of urea groups is 1. The number of aryl methyl sites for hydroxylation is 1. The zero-order valence-electron chi connectivity index (χ0n) is 16.0. The fourth-order valence-corrected chi connectivity index (χ4v) is 3.34. The maximum absolute atomic E-state index is 12.2. The highest BCUT2D eigenvalue weighted by Gasteiger charge is 2.27. The molecule has 6 nitrogen and oxygen atoms in total. The zero-order chi connectivity index (χ0) is 19.1. The summed E-state index contributed by atoms with van der Waals surface area (Å²) in [6.07, 6.45) is 4.26. The molecule has 1 heterocycles. The van der Waals surface area contributed by atoms with Crippen LogP contribution >= 0.6 is 0 Å². The highest BCUT2D eigenvalue weighted by molar-refractivity contribution is 5.96. The minimum atomic E-state index is -0.430. The summed E-state index contributed by atoms with van der Waals surface area (Å²) in [5.41, 5.74) is 1.24. The number of aromatic hydroxyl groups is 1. The highest BCUT2D eigenvalue weighted by atomic mass is 16.3. The number of phenolic OH excluding ortho intramolecular Hbond substituents is 1. The molecule has 3 amide bonds. The van der Waals surface area contributed by atoms with Gasteiger partial charge in [0.2, 0.25) is 5.91 Å². The minimum absolute atomic E-state index is 0.00225. The van der Waals surface area contributed by atoms with E-state index in [-0.39, 0.29) is 18.0 Å². The molecule has 1 saturated heterocycles. The van der Waals surface area contributed by atoms with Crippen LogP contribution in [0.4, 0.5) is 4.79 Å². The van der Waals surface area contributed by atoms with Crippen molar-refractivity contribution in [1.82, 2.24) is 15.5 Å². The molecule has 0 aliphatic carbocycles. The van der Waals surface area contributed by atoms with E-state index in [9.17, 15) is 14.7 Å². The third kappa shape index (κ3) is 6.33. The van der Waals surface area contributed by atoms with E-state index >= 15 is 0 Å². The molecule has 3 N–H and O–H groups in total. The van der Waals surface area contributed by atoms with Crippen LogP contribution in [0.2, 0.25) is 0 Å². The zero-order valence-corrected chi connectivity index (χ0v) is 16.0. The van der Waals surface area contributed by atoms with Crippen molar-refractivity contribution in [3.05, 3.63) is 29.8 Å². The van der Waals surface area contributed by atoms with Crippen molar-refractivity contribution in [2.24, 2.45) is 5.92 Å². The van der Waals surface area contributed by atoms with E-state index in [1.54, 1.807) is 12.1 Å². The van der Waals surface area contributed by atoms with Gasteiger partial charge in [0.15, 0.2) is 0 Å².